The van der Waals surface area contributed by atoms with Crippen LogP contribution in [0.25, 0.3) is 0 Å². The van der Waals surface area contributed by atoms with Gasteiger partial charge in [-0.25, -0.2) is 0 Å². The fourth-order valence-electron chi connectivity index (χ4n) is 5.42. The molecule has 2 aromatic rings. The molecule has 0 bridgehead atoms. The van der Waals surface area contributed by atoms with Gasteiger partial charge in [-0.3, -0.25) is 9.59 Å². The van der Waals surface area contributed by atoms with E-state index in [0.29, 0.717) is 23.0 Å². The number of halogens is 2. The van der Waals surface area contributed by atoms with Crippen molar-refractivity contribution < 1.29 is 9.59 Å². The van der Waals surface area contributed by atoms with Crippen LogP contribution in [0.5, 0.6) is 0 Å². The Morgan fingerprint density at radius 1 is 0.973 bits per heavy atom. The number of unbranched alkanes of at least 4 members (excludes halogenated alkanes) is 8. The number of fused-ring (bicyclic) bond motifs is 1. The summed E-state index contributed by atoms with van der Waals surface area (Å²) in [5.41, 5.74) is 2.02. The van der Waals surface area contributed by atoms with Crippen LogP contribution >= 0.6 is 34.5 Å². The molecule has 1 aromatic heterocycles. The highest BCUT2D eigenvalue weighted by Crippen LogP contribution is 2.41. The van der Waals surface area contributed by atoms with E-state index in [2.05, 4.69) is 18.4 Å². The van der Waals surface area contributed by atoms with E-state index in [9.17, 15) is 9.59 Å². The second-order valence-electron chi connectivity index (χ2n) is 10.5. The van der Waals surface area contributed by atoms with Gasteiger partial charge in [0.25, 0.3) is 0 Å². The third kappa shape index (κ3) is 7.74. The number of hydrogen-bond donors (Lipinski definition) is 0. The Morgan fingerprint density at radius 3 is 2.35 bits per heavy atom. The summed E-state index contributed by atoms with van der Waals surface area (Å²) in [7, 11) is 0. The highest BCUT2D eigenvalue weighted by molar-refractivity contribution is 7.10. The van der Waals surface area contributed by atoms with Crippen LogP contribution in [-0.4, -0.2) is 40.7 Å². The van der Waals surface area contributed by atoms with Crippen LogP contribution in [0.1, 0.15) is 106 Å². The number of hydrogen-bond acceptors (Lipinski definition) is 3. The molecule has 1 fully saturated rings. The van der Waals surface area contributed by atoms with Crippen LogP contribution in [0.3, 0.4) is 0 Å². The van der Waals surface area contributed by atoms with Crippen molar-refractivity contribution >= 4 is 46.4 Å². The number of nitrogens with zero attached hydrogens (tertiary/aromatic N) is 2. The van der Waals surface area contributed by atoms with Gasteiger partial charge in [-0.2, -0.15) is 0 Å². The van der Waals surface area contributed by atoms with Crippen molar-refractivity contribution in [3.05, 3.63) is 55.7 Å². The molecule has 1 aromatic carbocycles. The summed E-state index contributed by atoms with van der Waals surface area (Å²) >= 11 is 14.5. The highest BCUT2D eigenvalue weighted by Gasteiger charge is 2.38. The van der Waals surface area contributed by atoms with Crippen molar-refractivity contribution in [3.8, 4) is 0 Å². The van der Waals surface area contributed by atoms with Crippen molar-refractivity contribution in [2.75, 3.05) is 13.1 Å². The van der Waals surface area contributed by atoms with Gasteiger partial charge in [0, 0.05) is 33.9 Å². The molecule has 1 atom stereocenters. The largest absolute Gasteiger partial charge is 0.330 e. The summed E-state index contributed by atoms with van der Waals surface area (Å²) in [4.78, 5) is 32.0. The van der Waals surface area contributed by atoms with Crippen molar-refractivity contribution in [2.24, 2.45) is 0 Å². The van der Waals surface area contributed by atoms with Crippen LogP contribution in [0.4, 0.5) is 0 Å². The molecule has 0 saturated heterocycles. The Balaban J connectivity index is 1.35. The molecule has 0 spiro atoms. The minimum absolute atomic E-state index is 0.000181. The van der Waals surface area contributed by atoms with Crippen LogP contribution in [0.15, 0.2) is 29.6 Å². The van der Waals surface area contributed by atoms with E-state index in [4.69, 9.17) is 23.2 Å². The van der Waals surface area contributed by atoms with E-state index in [0.717, 1.165) is 43.2 Å². The summed E-state index contributed by atoms with van der Waals surface area (Å²) in [5, 5.41) is 3.23. The van der Waals surface area contributed by atoms with E-state index in [1.54, 1.807) is 17.4 Å². The minimum Gasteiger partial charge on any atom is -0.330 e. The molecule has 2 heterocycles. The maximum Gasteiger partial charge on any atom is 0.243 e. The van der Waals surface area contributed by atoms with Gasteiger partial charge in [0.15, 0.2) is 0 Å². The van der Waals surface area contributed by atoms with Gasteiger partial charge in [-0.1, -0.05) is 87.6 Å². The van der Waals surface area contributed by atoms with E-state index < -0.39 is 0 Å². The summed E-state index contributed by atoms with van der Waals surface area (Å²) in [6, 6.07) is 7.57. The maximum atomic E-state index is 13.7. The molecule has 37 heavy (non-hydrogen) atoms. The summed E-state index contributed by atoms with van der Waals surface area (Å²) in [5.74, 6) is 0.133. The molecular weight excluding hydrogens is 523 g/mol. The van der Waals surface area contributed by atoms with Crippen molar-refractivity contribution in [1.82, 2.24) is 9.80 Å². The smallest absolute Gasteiger partial charge is 0.243 e. The van der Waals surface area contributed by atoms with Crippen molar-refractivity contribution in [2.45, 2.75) is 102 Å². The average molecular weight is 564 g/mol. The number of carbonyl (C=O) groups is 2. The lowest BCUT2D eigenvalue weighted by Crippen LogP contribution is -2.47. The van der Waals surface area contributed by atoms with Gasteiger partial charge < -0.3 is 9.80 Å². The first-order chi connectivity index (χ1) is 18.0. The summed E-state index contributed by atoms with van der Waals surface area (Å²) in [6.07, 6.45) is 14.4. The molecule has 1 aliphatic carbocycles. The average Bonchev–Trinajstić information content (AvgIpc) is 3.61. The molecule has 1 unspecified atom stereocenters. The van der Waals surface area contributed by atoms with Crippen molar-refractivity contribution in [1.29, 1.82) is 0 Å². The zero-order chi connectivity index (χ0) is 26.2. The Bertz CT molecular complexity index is 1050. The quantitative estimate of drug-likeness (QED) is 0.217. The van der Waals surface area contributed by atoms with Crippen molar-refractivity contribution in [3.63, 3.8) is 0 Å². The molecular formula is C30H40Cl2N2O2S. The van der Waals surface area contributed by atoms with E-state index in [1.807, 2.05) is 21.9 Å². The molecule has 2 aliphatic rings. The molecule has 4 rings (SSSR count). The topological polar surface area (TPSA) is 40.6 Å². The molecule has 1 aliphatic heterocycles. The van der Waals surface area contributed by atoms with E-state index >= 15 is 0 Å². The fraction of sp³-hybridized carbons (Fsp3) is 0.600. The Hall–Kier alpha value is -1.56. The maximum absolute atomic E-state index is 13.7. The first kappa shape index (κ1) is 28.4. The molecule has 1 saturated carbocycles. The lowest BCUT2D eigenvalue weighted by Gasteiger charge is -2.38. The van der Waals surface area contributed by atoms with Gasteiger partial charge in [0.05, 0.1) is 6.04 Å². The molecule has 4 nitrogen and oxygen atoms in total. The monoisotopic (exact) mass is 562 g/mol. The molecule has 7 heteroatoms. The molecule has 2 amide bonds. The predicted molar refractivity (Wildman–Crippen MR) is 155 cm³/mol. The Labute approximate surface area is 236 Å². The zero-order valence-corrected chi connectivity index (χ0v) is 24.4. The minimum atomic E-state index is -0.249. The van der Waals surface area contributed by atoms with Crippen LogP contribution in [0, 0.1) is 0 Å². The van der Waals surface area contributed by atoms with Crippen LogP contribution < -0.4 is 0 Å². The van der Waals surface area contributed by atoms with Gasteiger partial charge in [-0.05, 0) is 60.4 Å². The van der Waals surface area contributed by atoms with Gasteiger partial charge in [0.1, 0.15) is 6.54 Å². The first-order valence-corrected chi connectivity index (χ1v) is 15.7. The number of carbonyl (C=O) groups excluding carboxylic acids is 2. The molecule has 0 radical (unpaired) electrons. The van der Waals surface area contributed by atoms with Crippen LogP contribution in [0.2, 0.25) is 10.0 Å². The lowest BCUT2D eigenvalue weighted by molar-refractivity contribution is -0.142. The Kier molecular flexibility index (Phi) is 10.8. The second kappa shape index (κ2) is 14.0. The molecule has 202 valence electrons. The highest BCUT2D eigenvalue weighted by atomic mass is 35.5. The normalized spacial score (nSPS) is 17.1. The van der Waals surface area contributed by atoms with Gasteiger partial charge in [-0.15, -0.1) is 11.3 Å². The first-order valence-electron chi connectivity index (χ1n) is 14.1. The van der Waals surface area contributed by atoms with E-state index in [-0.39, 0.29) is 30.4 Å². The zero-order valence-electron chi connectivity index (χ0n) is 22.0. The van der Waals surface area contributed by atoms with Gasteiger partial charge in [0.2, 0.25) is 11.8 Å². The fourth-order valence-corrected chi connectivity index (χ4v) is 6.83. The summed E-state index contributed by atoms with van der Waals surface area (Å²) < 4.78 is 0. The van der Waals surface area contributed by atoms with Crippen LogP contribution in [-0.2, 0) is 16.0 Å². The standard InChI is InChI=1S/C30H40Cl2N2O2S/c1-2-3-4-5-6-7-8-9-10-11-28(35)34(23-13-14-23)21-29(36)33-18-16-27-25(17-19-37-27)30(33)24-15-12-22(31)20-26(24)32/h12,15,17,19-20,23,30H,2-11,13-14,16,18,21H2,1H3. The number of rotatable bonds is 14. The molecule has 0 N–H and O–H groups in total. The lowest BCUT2D eigenvalue weighted by atomic mass is 9.93. The number of thiophene rings is 1. The second-order valence-corrected chi connectivity index (χ2v) is 12.4. The third-order valence-electron chi connectivity index (χ3n) is 7.65. The van der Waals surface area contributed by atoms with E-state index in [1.165, 1.54) is 49.8 Å². The SMILES string of the molecule is CCCCCCCCCCCC(=O)N(CC(=O)N1CCc2sccc2C1c1ccc(Cl)cc1Cl)C1CC1. The van der Waals surface area contributed by atoms with Gasteiger partial charge >= 0.3 is 0 Å². The number of benzene rings is 1. The predicted octanol–water partition coefficient (Wildman–Crippen LogP) is 8.44. The Morgan fingerprint density at radius 2 is 1.68 bits per heavy atom. The third-order valence-corrected chi connectivity index (χ3v) is 9.21. The summed E-state index contributed by atoms with van der Waals surface area (Å²) in [6.45, 7) is 3.03. The number of amides is 2.